The minimum atomic E-state index is -0.552. The predicted molar refractivity (Wildman–Crippen MR) is 123 cm³/mol. The summed E-state index contributed by atoms with van der Waals surface area (Å²) in [7, 11) is 0. The van der Waals surface area contributed by atoms with Gasteiger partial charge >= 0.3 is 12.2 Å². The standard InChI is InChI=1S/C24H34N4O6/c1-17(25-22(29)33-24(2,3)4)14-31-16-20-26-21(27-34-20)19-10-12-28(13-11-19)23(30)32-15-18-8-6-5-7-9-18/h5-9,17,19H,10-16H2,1-4H3,(H,25,29)/t17-/m0/s1. The molecule has 0 spiro atoms. The Balaban J connectivity index is 1.35. The van der Waals surface area contributed by atoms with E-state index in [4.69, 9.17) is 18.7 Å². The van der Waals surface area contributed by atoms with Crippen LogP contribution in [0, 0.1) is 0 Å². The van der Waals surface area contributed by atoms with Crippen LogP contribution in [0.1, 0.15) is 63.7 Å². The number of rotatable bonds is 8. The van der Waals surface area contributed by atoms with Gasteiger partial charge in [0.1, 0.15) is 18.8 Å². The zero-order chi connectivity index (χ0) is 24.6. The van der Waals surface area contributed by atoms with E-state index >= 15 is 0 Å². The number of hydrogen-bond donors (Lipinski definition) is 1. The number of alkyl carbamates (subject to hydrolysis) is 1. The van der Waals surface area contributed by atoms with Gasteiger partial charge < -0.3 is 29.0 Å². The Hall–Kier alpha value is -3.14. The second-order valence-corrected chi connectivity index (χ2v) is 9.41. The Morgan fingerprint density at radius 2 is 1.88 bits per heavy atom. The van der Waals surface area contributed by atoms with Crippen LogP contribution < -0.4 is 5.32 Å². The normalized spacial score (nSPS) is 15.6. The van der Waals surface area contributed by atoms with Crippen LogP contribution in [0.15, 0.2) is 34.9 Å². The quantitative estimate of drug-likeness (QED) is 0.610. The van der Waals surface area contributed by atoms with Crippen molar-refractivity contribution in [2.45, 2.75) is 71.3 Å². The van der Waals surface area contributed by atoms with Crippen molar-refractivity contribution in [1.29, 1.82) is 0 Å². The zero-order valence-electron chi connectivity index (χ0n) is 20.3. The van der Waals surface area contributed by atoms with Crippen LogP contribution >= 0.6 is 0 Å². The highest BCUT2D eigenvalue weighted by Crippen LogP contribution is 2.26. The number of nitrogens with one attached hydrogen (secondary N) is 1. The summed E-state index contributed by atoms with van der Waals surface area (Å²) in [4.78, 5) is 30.3. The average Bonchev–Trinajstić information content (AvgIpc) is 3.26. The maximum Gasteiger partial charge on any atom is 0.410 e. The number of amides is 2. The van der Waals surface area contributed by atoms with Crippen molar-refractivity contribution in [3.63, 3.8) is 0 Å². The van der Waals surface area contributed by atoms with Gasteiger partial charge in [0.05, 0.1) is 12.6 Å². The molecule has 1 aliphatic rings. The molecule has 1 aromatic heterocycles. The molecule has 2 heterocycles. The SMILES string of the molecule is C[C@@H](COCc1nc(C2CCN(C(=O)OCc3ccccc3)CC2)no1)NC(=O)OC(C)(C)C. The number of ether oxygens (including phenoxy) is 3. The summed E-state index contributed by atoms with van der Waals surface area (Å²) in [5, 5.41) is 6.80. The van der Waals surface area contributed by atoms with E-state index in [1.807, 2.05) is 58.0 Å². The Morgan fingerprint density at radius 1 is 1.18 bits per heavy atom. The Morgan fingerprint density at radius 3 is 2.56 bits per heavy atom. The average molecular weight is 475 g/mol. The van der Waals surface area contributed by atoms with Gasteiger partial charge in [0, 0.05) is 19.0 Å². The van der Waals surface area contributed by atoms with E-state index in [-0.39, 0.29) is 37.9 Å². The summed E-state index contributed by atoms with van der Waals surface area (Å²) in [6, 6.07) is 9.38. The van der Waals surface area contributed by atoms with Crippen molar-refractivity contribution in [2.24, 2.45) is 0 Å². The lowest BCUT2D eigenvalue weighted by Crippen LogP contribution is -2.39. The molecule has 1 aliphatic heterocycles. The van der Waals surface area contributed by atoms with E-state index in [1.54, 1.807) is 4.90 Å². The Kier molecular flexibility index (Phi) is 8.86. The highest BCUT2D eigenvalue weighted by Gasteiger charge is 2.28. The maximum atomic E-state index is 12.3. The second-order valence-electron chi connectivity index (χ2n) is 9.41. The number of benzene rings is 1. The van der Waals surface area contributed by atoms with Crippen LogP contribution in [0.3, 0.4) is 0 Å². The van der Waals surface area contributed by atoms with Gasteiger partial charge in [-0.1, -0.05) is 35.5 Å². The van der Waals surface area contributed by atoms with Crippen molar-refractivity contribution >= 4 is 12.2 Å². The number of carbonyl (C=O) groups is 2. The number of aromatic nitrogens is 2. The van der Waals surface area contributed by atoms with E-state index in [2.05, 4.69) is 15.5 Å². The molecule has 0 saturated carbocycles. The Labute approximate surface area is 199 Å². The van der Waals surface area contributed by atoms with E-state index in [0.717, 1.165) is 18.4 Å². The van der Waals surface area contributed by atoms with Crippen LogP contribution in [0.5, 0.6) is 0 Å². The maximum absolute atomic E-state index is 12.3. The smallest absolute Gasteiger partial charge is 0.410 e. The molecule has 0 bridgehead atoms. The number of piperidine rings is 1. The van der Waals surface area contributed by atoms with Crippen LogP contribution in [-0.4, -0.2) is 58.6 Å². The van der Waals surface area contributed by atoms with Crippen LogP contribution in [0.25, 0.3) is 0 Å². The van der Waals surface area contributed by atoms with Crippen molar-refractivity contribution in [3.8, 4) is 0 Å². The first kappa shape index (κ1) is 25.5. The second kappa shape index (κ2) is 11.8. The molecule has 34 heavy (non-hydrogen) atoms. The molecular weight excluding hydrogens is 440 g/mol. The molecule has 1 atom stereocenters. The molecule has 0 radical (unpaired) electrons. The molecule has 2 aromatic rings. The molecular formula is C24H34N4O6. The first-order valence-electron chi connectivity index (χ1n) is 11.5. The van der Waals surface area contributed by atoms with E-state index < -0.39 is 11.7 Å². The van der Waals surface area contributed by atoms with E-state index in [0.29, 0.717) is 24.8 Å². The van der Waals surface area contributed by atoms with Gasteiger partial charge in [0.25, 0.3) is 5.89 Å². The number of likely N-dealkylation sites (tertiary alicyclic amines) is 1. The van der Waals surface area contributed by atoms with Crippen molar-refractivity contribution in [1.82, 2.24) is 20.4 Å². The summed E-state index contributed by atoms with van der Waals surface area (Å²) in [6.45, 7) is 9.09. The molecule has 1 aromatic carbocycles. The molecule has 3 rings (SSSR count). The highest BCUT2D eigenvalue weighted by molar-refractivity contribution is 5.68. The summed E-state index contributed by atoms with van der Waals surface area (Å²) < 4.78 is 21.5. The largest absolute Gasteiger partial charge is 0.445 e. The van der Waals surface area contributed by atoms with Gasteiger partial charge in [-0.3, -0.25) is 0 Å². The van der Waals surface area contributed by atoms with Gasteiger partial charge in [0.15, 0.2) is 5.82 Å². The summed E-state index contributed by atoms with van der Waals surface area (Å²) in [5.74, 6) is 1.11. The molecule has 10 nitrogen and oxygen atoms in total. The number of hydrogen-bond acceptors (Lipinski definition) is 8. The monoisotopic (exact) mass is 474 g/mol. The molecule has 0 aliphatic carbocycles. The Bertz CT molecular complexity index is 919. The van der Waals surface area contributed by atoms with Gasteiger partial charge in [0.2, 0.25) is 0 Å². The third kappa shape index (κ3) is 8.33. The van der Waals surface area contributed by atoms with Crippen LogP contribution in [0.4, 0.5) is 9.59 Å². The van der Waals surface area contributed by atoms with Gasteiger partial charge in [-0.25, -0.2) is 9.59 Å². The number of carbonyl (C=O) groups excluding carboxylic acids is 2. The fraction of sp³-hybridized carbons (Fsp3) is 0.583. The summed E-state index contributed by atoms with van der Waals surface area (Å²) >= 11 is 0. The van der Waals surface area contributed by atoms with Gasteiger partial charge in [-0.15, -0.1) is 0 Å². The zero-order valence-corrected chi connectivity index (χ0v) is 20.3. The molecule has 186 valence electrons. The minimum absolute atomic E-state index is 0.114. The molecule has 2 amide bonds. The molecule has 10 heteroatoms. The lowest BCUT2D eigenvalue weighted by molar-refractivity contribution is 0.0421. The molecule has 1 saturated heterocycles. The molecule has 1 N–H and O–H groups in total. The molecule has 1 fully saturated rings. The van der Waals surface area contributed by atoms with E-state index in [9.17, 15) is 9.59 Å². The van der Waals surface area contributed by atoms with Gasteiger partial charge in [-0.05, 0) is 46.1 Å². The van der Waals surface area contributed by atoms with Crippen molar-refractivity contribution in [3.05, 3.63) is 47.6 Å². The predicted octanol–water partition coefficient (Wildman–Crippen LogP) is 4.02. The van der Waals surface area contributed by atoms with E-state index in [1.165, 1.54) is 0 Å². The summed E-state index contributed by atoms with van der Waals surface area (Å²) in [6.07, 6.45) is 0.673. The third-order valence-corrected chi connectivity index (χ3v) is 5.16. The highest BCUT2D eigenvalue weighted by atomic mass is 16.6. The lowest BCUT2D eigenvalue weighted by Gasteiger charge is -2.29. The first-order chi connectivity index (χ1) is 16.2. The summed E-state index contributed by atoms with van der Waals surface area (Å²) in [5.41, 5.74) is 0.408. The van der Waals surface area contributed by atoms with Crippen molar-refractivity contribution in [2.75, 3.05) is 19.7 Å². The first-order valence-corrected chi connectivity index (χ1v) is 11.5. The minimum Gasteiger partial charge on any atom is -0.445 e. The fourth-order valence-corrected chi connectivity index (χ4v) is 3.50. The van der Waals surface area contributed by atoms with Crippen LogP contribution in [0.2, 0.25) is 0 Å². The fourth-order valence-electron chi connectivity index (χ4n) is 3.50. The van der Waals surface area contributed by atoms with Crippen molar-refractivity contribution < 1.29 is 28.3 Å². The lowest BCUT2D eigenvalue weighted by atomic mass is 9.96. The van der Waals surface area contributed by atoms with Crippen LogP contribution in [-0.2, 0) is 27.4 Å². The molecule has 0 unspecified atom stereocenters. The topological polar surface area (TPSA) is 116 Å². The van der Waals surface area contributed by atoms with Gasteiger partial charge in [-0.2, -0.15) is 4.98 Å². The third-order valence-electron chi connectivity index (χ3n) is 5.16. The number of nitrogens with zero attached hydrogens (tertiary/aromatic N) is 3.